The number of benzene rings is 2. The Morgan fingerprint density at radius 3 is 2.51 bits per heavy atom. The number of pyridine rings is 1. The zero-order valence-corrected chi connectivity index (χ0v) is 35.6. The fourth-order valence-corrected chi connectivity index (χ4v) is 8.95. The van der Waals surface area contributed by atoms with E-state index in [1.165, 1.54) is 4.68 Å². The van der Waals surface area contributed by atoms with E-state index in [9.17, 15) is 36.2 Å². The van der Waals surface area contributed by atoms with Gasteiger partial charge in [-0.1, -0.05) is 28.7 Å². The Bertz CT molecular complexity index is 2730. The smallest absolute Gasteiger partial charge is 0.321 e. The average Bonchev–Trinajstić information content (AvgIpc) is 4.06. The van der Waals surface area contributed by atoms with Crippen molar-refractivity contribution in [2.24, 2.45) is 17.8 Å². The van der Waals surface area contributed by atoms with Gasteiger partial charge in [-0.25, -0.2) is 22.5 Å². The van der Waals surface area contributed by atoms with Crippen molar-refractivity contribution in [3.05, 3.63) is 93.2 Å². The van der Waals surface area contributed by atoms with Crippen molar-refractivity contribution in [3.63, 3.8) is 0 Å². The van der Waals surface area contributed by atoms with Crippen LogP contribution >= 0.6 is 23.4 Å². The molecule has 1 unspecified atom stereocenters. The molecule has 20 heteroatoms. The monoisotopic (exact) mass is 911 g/mol. The predicted molar refractivity (Wildman–Crippen MR) is 226 cm³/mol. The van der Waals surface area contributed by atoms with E-state index >= 15 is 0 Å². The first-order valence-corrected chi connectivity index (χ1v) is 21.2. The average molecular weight is 912 g/mol. The Balaban J connectivity index is 1.24. The topological polar surface area (TPSA) is 169 Å². The van der Waals surface area contributed by atoms with E-state index in [2.05, 4.69) is 42.8 Å². The third-order valence-electron chi connectivity index (χ3n) is 10.7. The Hall–Kier alpha value is -5.58. The Labute approximate surface area is 366 Å². The molecule has 0 aliphatic heterocycles. The lowest BCUT2D eigenvalue weighted by atomic mass is 9.93. The lowest BCUT2D eigenvalue weighted by molar-refractivity contribution is -0.120. The number of nitrogens with one attached hydrogen (secondary N) is 2. The molecule has 0 bridgehead atoms. The Kier molecular flexibility index (Phi) is 11.8. The van der Waals surface area contributed by atoms with Gasteiger partial charge in [0.1, 0.15) is 35.2 Å². The molecule has 0 saturated heterocycles. The number of fused-ring (bicyclic) bond motifs is 1. The van der Waals surface area contributed by atoms with Gasteiger partial charge in [-0.2, -0.15) is 13.9 Å². The summed E-state index contributed by atoms with van der Waals surface area (Å²) >= 11 is 8.56. The van der Waals surface area contributed by atoms with Gasteiger partial charge < -0.3 is 20.6 Å². The molecule has 1 atom stereocenters. The van der Waals surface area contributed by atoms with Gasteiger partial charge in [-0.3, -0.25) is 19.8 Å². The Morgan fingerprint density at radius 1 is 1.11 bits per heavy atom. The number of aliphatic hydroxyl groups is 1. The highest BCUT2D eigenvalue weighted by Gasteiger charge is 2.48. The number of alkyl halides is 4. The molecule has 330 valence electrons. The number of nitrogens with zero attached hydrogens (tertiary/aromatic N) is 6. The van der Waals surface area contributed by atoms with Crippen LogP contribution in [0.25, 0.3) is 22.0 Å². The van der Waals surface area contributed by atoms with Crippen LogP contribution < -0.4 is 16.4 Å². The number of carbonyl (C=O) groups excluding carboxylic acids is 1. The van der Waals surface area contributed by atoms with Crippen LogP contribution in [0.2, 0.25) is 5.02 Å². The fourth-order valence-electron chi connectivity index (χ4n) is 7.40. The zero-order valence-electron chi connectivity index (χ0n) is 34.0. The Morgan fingerprint density at radius 2 is 1.83 bits per heavy atom. The lowest BCUT2D eigenvalue weighted by Gasteiger charge is -2.22. The molecule has 12 nitrogen and oxygen atoms in total. The summed E-state index contributed by atoms with van der Waals surface area (Å²) in [6, 6.07) is 8.27. The number of amides is 1. The molecule has 8 rings (SSSR count). The lowest BCUT2D eigenvalue weighted by Crippen LogP contribution is -2.34. The van der Waals surface area contributed by atoms with E-state index in [1.807, 2.05) is 13.8 Å². The molecular weight excluding hydrogens is 872 g/mol. The fraction of sp³-hybridized carbons (Fsp3) is 0.395. The molecule has 0 radical (unpaired) electrons. The largest absolute Gasteiger partial charge is 0.405 e. The van der Waals surface area contributed by atoms with E-state index in [4.69, 9.17) is 26.7 Å². The number of hydrogen-bond donors (Lipinski definition) is 4. The number of aromatic nitrogens is 5. The molecular formula is C43H40ClF6N9O3S. The van der Waals surface area contributed by atoms with Crippen molar-refractivity contribution in [2.75, 3.05) is 11.9 Å². The van der Waals surface area contributed by atoms with Crippen LogP contribution in [0, 0.1) is 23.5 Å². The minimum atomic E-state index is -3.62. The maximum Gasteiger partial charge on any atom is 0.321 e. The number of rotatable bonds is 13. The molecule has 1 amide bonds. The quantitative estimate of drug-likeness (QED) is 0.0665. The number of aliphatic imine (C=N–C) groups is 1. The molecule has 5 aromatic rings. The second kappa shape index (κ2) is 16.8. The summed E-state index contributed by atoms with van der Waals surface area (Å²) in [5.74, 6) is 0.346. The van der Waals surface area contributed by atoms with Gasteiger partial charge in [-0.05, 0) is 94.2 Å². The molecule has 5 N–H and O–H groups in total. The number of anilines is 2. The molecule has 3 aromatic heterocycles. The van der Waals surface area contributed by atoms with Gasteiger partial charge in [0, 0.05) is 41.5 Å². The minimum absolute atomic E-state index is 0.0502. The van der Waals surface area contributed by atoms with Gasteiger partial charge in [0.15, 0.2) is 5.82 Å². The summed E-state index contributed by atoms with van der Waals surface area (Å²) in [6.45, 7) is 3.05. The minimum Gasteiger partial charge on any atom is -0.405 e. The number of carbonyl (C=O) groups is 1. The van der Waals surface area contributed by atoms with Crippen LogP contribution in [0.15, 0.2) is 63.1 Å². The molecule has 3 fully saturated rings. The first-order valence-electron chi connectivity index (χ1n) is 19.9. The van der Waals surface area contributed by atoms with Crippen molar-refractivity contribution in [1.82, 2.24) is 30.3 Å². The number of aryl methyl sites for hydroxylation is 1. The SMILES string of the molecule is Cn1nc(Nc2nnc(C3(O)CC3)o2)c2c(Cl)ccc(-c3ccc(C#CC(C)(C)SC4CC4)nc3C(Cc3cc(F)cc(F)c3)NC(=O)CN=C3C(=C(N)C(F)F)CCC3(F)F)c21. The van der Waals surface area contributed by atoms with Crippen LogP contribution in [0.3, 0.4) is 0 Å². The van der Waals surface area contributed by atoms with Crippen molar-refractivity contribution in [3.8, 4) is 23.0 Å². The molecule has 3 heterocycles. The van der Waals surface area contributed by atoms with E-state index < -0.39 is 82.6 Å². The van der Waals surface area contributed by atoms with Crippen LogP contribution in [0.4, 0.5) is 38.2 Å². The van der Waals surface area contributed by atoms with E-state index in [-0.39, 0.29) is 46.1 Å². The highest BCUT2D eigenvalue weighted by Crippen LogP contribution is 2.46. The molecule has 3 saturated carbocycles. The molecule has 63 heavy (non-hydrogen) atoms. The van der Waals surface area contributed by atoms with Crippen molar-refractivity contribution >= 4 is 57.7 Å². The van der Waals surface area contributed by atoms with E-state index in [1.54, 1.807) is 43.1 Å². The maximum atomic E-state index is 15.0. The van der Waals surface area contributed by atoms with Crippen molar-refractivity contribution in [2.45, 2.75) is 92.8 Å². The standard InChI is InChI=1S/C43H40ClF6N9O3S/c1-41(2,63-25-5-6-25)12-10-24-4-7-26(27-8-9-29(44)32-35(27)59(3)58-38(32)55-40-57-56-39(62-40)42(61)14-15-42)34(53-24)30(18-21-16-22(45)19-23(46)17-21)54-31(60)20-52-36-28(33(51)37(47)48)11-13-43(36,49)50/h4,7-9,16-17,19,25,30,37,61H,5-6,11,13-15,18,20,51H2,1-3H3,(H,54,60)(H,55,57,58). The predicted octanol–water partition coefficient (Wildman–Crippen LogP) is 8.45. The molecule has 3 aliphatic carbocycles. The third-order valence-corrected chi connectivity index (χ3v) is 12.5. The molecule has 0 spiro atoms. The zero-order chi connectivity index (χ0) is 45.0. The van der Waals surface area contributed by atoms with E-state index in [0.29, 0.717) is 46.2 Å². The van der Waals surface area contributed by atoms with Crippen LogP contribution in [-0.2, 0) is 23.9 Å². The normalized spacial score (nSPS) is 18.7. The van der Waals surface area contributed by atoms with Gasteiger partial charge in [0.05, 0.1) is 38.1 Å². The number of nitrogens with two attached hydrogens (primary N) is 1. The summed E-state index contributed by atoms with van der Waals surface area (Å²) < 4.78 is 93.1. The summed E-state index contributed by atoms with van der Waals surface area (Å²) in [5, 5.41) is 30.0. The number of allylic oxidation sites excluding steroid dienone is 2. The third kappa shape index (κ3) is 9.67. The maximum absolute atomic E-state index is 15.0. The molecule has 2 aromatic carbocycles. The summed E-state index contributed by atoms with van der Waals surface area (Å²) in [4.78, 5) is 22.6. The van der Waals surface area contributed by atoms with Crippen LogP contribution in [-0.4, -0.2) is 70.6 Å². The highest BCUT2D eigenvalue weighted by molar-refractivity contribution is 8.01. The summed E-state index contributed by atoms with van der Waals surface area (Å²) in [5.41, 5.74) is 3.60. The molecule has 3 aliphatic rings. The van der Waals surface area contributed by atoms with Gasteiger partial charge in [0.25, 0.3) is 12.3 Å². The number of halogens is 7. The van der Waals surface area contributed by atoms with Gasteiger partial charge in [0.2, 0.25) is 11.8 Å². The second-order valence-corrected chi connectivity index (χ2v) is 18.6. The van der Waals surface area contributed by atoms with Crippen molar-refractivity contribution < 1.29 is 40.7 Å². The van der Waals surface area contributed by atoms with Gasteiger partial charge in [-0.15, -0.1) is 16.9 Å². The number of thioether (sulfide) groups is 1. The van der Waals surface area contributed by atoms with Crippen molar-refractivity contribution in [1.29, 1.82) is 0 Å². The van der Waals surface area contributed by atoms with Crippen LogP contribution in [0.1, 0.15) is 81.3 Å². The van der Waals surface area contributed by atoms with Crippen LogP contribution in [0.5, 0.6) is 0 Å². The second-order valence-electron chi connectivity index (χ2n) is 16.3. The van der Waals surface area contributed by atoms with E-state index in [0.717, 1.165) is 25.0 Å². The highest BCUT2D eigenvalue weighted by atomic mass is 35.5. The first kappa shape index (κ1) is 44.0. The first-order chi connectivity index (χ1) is 29.8. The number of hydrogen-bond acceptors (Lipinski definition) is 11. The van der Waals surface area contributed by atoms with Gasteiger partial charge >= 0.3 is 6.01 Å². The summed E-state index contributed by atoms with van der Waals surface area (Å²) in [7, 11) is 1.66. The summed E-state index contributed by atoms with van der Waals surface area (Å²) in [6.07, 6.45) is -1.64.